The van der Waals surface area contributed by atoms with Gasteiger partial charge in [0.25, 0.3) is 5.91 Å². The molecule has 1 heterocycles. The van der Waals surface area contributed by atoms with Gasteiger partial charge in [0.2, 0.25) is 5.91 Å². The molecule has 174 valence electrons. The van der Waals surface area contributed by atoms with E-state index in [1.54, 1.807) is 18.2 Å². The van der Waals surface area contributed by atoms with Gasteiger partial charge in [-0.05, 0) is 71.8 Å². The number of para-hydroxylation sites is 1. The second-order valence-corrected chi connectivity index (χ2v) is 8.44. The zero-order valence-electron chi connectivity index (χ0n) is 18.3. The number of nitrogens with one attached hydrogen (secondary N) is 2. The number of hydrogen-bond acceptors (Lipinski definition) is 5. The van der Waals surface area contributed by atoms with Crippen molar-refractivity contribution in [2.75, 3.05) is 19.0 Å². The fourth-order valence-electron chi connectivity index (χ4n) is 3.00. The van der Waals surface area contributed by atoms with E-state index in [9.17, 15) is 18.8 Å². The molecule has 4 amide bonds. The van der Waals surface area contributed by atoms with Gasteiger partial charge in [0, 0.05) is 0 Å². The van der Waals surface area contributed by atoms with Crippen LogP contribution in [0, 0.1) is 9.39 Å². The van der Waals surface area contributed by atoms with Crippen LogP contribution in [0.4, 0.5) is 14.9 Å². The van der Waals surface area contributed by atoms with E-state index in [0.717, 1.165) is 14.9 Å². The van der Waals surface area contributed by atoms with E-state index in [1.165, 1.54) is 31.4 Å². The quantitative estimate of drug-likeness (QED) is 0.284. The van der Waals surface area contributed by atoms with Gasteiger partial charge < -0.3 is 20.1 Å². The lowest BCUT2D eigenvalue weighted by Crippen LogP contribution is -2.38. The number of rotatable bonds is 8. The molecule has 10 heteroatoms. The highest BCUT2D eigenvalue weighted by molar-refractivity contribution is 14.1. The van der Waals surface area contributed by atoms with Crippen LogP contribution in [0.2, 0.25) is 0 Å². The summed E-state index contributed by atoms with van der Waals surface area (Å²) in [5.74, 6) is -0.895. The Labute approximate surface area is 204 Å². The third-order valence-electron chi connectivity index (χ3n) is 4.87. The number of imide groups is 1. The molecule has 0 radical (unpaired) electrons. The second-order valence-electron chi connectivity index (χ2n) is 7.28. The third kappa shape index (κ3) is 5.81. The van der Waals surface area contributed by atoms with Crippen LogP contribution < -0.4 is 20.1 Å². The minimum Gasteiger partial charge on any atom is -0.493 e. The van der Waals surface area contributed by atoms with Gasteiger partial charge in [-0.15, -0.1) is 0 Å². The maximum absolute atomic E-state index is 13.7. The summed E-state index contributed by atoms with van der Waals surface area (Å²) in [4.78, 5) is 38.0. The maximum atomic E-state index is 13.7. The Morgan fingerprint density at radius 3 is 2.70 bits per heavy atom. The first-order valence-electron chi connectivity index (χ1n) is 10.2. The average molecular weight is 567 g/mol. The van der Waals surface area contributed by atoms with Gasteiger partial charge in [-0.2, -0.15) is 0 Å². The molecule has 2 N–H and O–H groups in total. The number of hydrogen-bond donors (Lipinski definition) is 2. The lowest BCUT2D eigenvalue weighted by atomic mass is 10.1. The standard InChI is InChI=1S/C23H23FIN3O5/c1-4-13(2)33-21-16(25)9-14(11-19(21)32-3)10-18-22(30)28(23(31)27-18)12-20(29)26-17-8-6-5-7-15(17)24/h5-11,13H,4,12H2,1-3H3,(H,26,29)(H,27,31)/b18-10+/t13-/m0/s1. The minimum atomic E-state index is -0.742. The fourth-order valence-corrected chi connectivity index (χ4v) is 3.75. The van der Waals surface area contributed by atoms with Gasteiger partial charge >= 0.3 is 6.03 Å². The number of ether oxygens (including phenoxy) is 2. The Morgan fingerprint density at radius 1 is 1.30 bits per heavy atom. The largest absolute Gasteiger partial charge is 0.493 e. The minimum absolute atomic E-state index is 0.00335. The number of benzene rings is 2. The van der Waals surface area contributed by atoms with Crippen LogP contribution in [-0.2, 0) is 9.59 Å². The van der Waals surface area contributed by atoms with E-state index in [-0.39, 0.29) is 17.5 Å². The molecule has 0 spiro atoms. The summed E-state index contributed by atoms with van der Waals surface area (Å²) in [5, 5.41) is 4.82. The Morgan fingerprint density at radius 2 is 2.03 bits per heavy atom. The average Bonchev–Trinajstić information content (AvgIpc) is 3.04. The number of carbonyl (C=O) groups is 3. The SMILES string of the molecule is CC[C@H](C)Oc1c(I)cc(/C=C2/NC(=O)N(CC(=O)Nc3ccccc3F)C2=O)cc1OC. The van der Waals surface area contributed by atoms with Crippen LogP contribution in [0.3, 0.4) is 0 Å². The molecule has 8 nitrogen and oxygen atoms in total. The summed E-state index contributed by atoms with van der Waals surface area (Å²) in [6, 6.07) is 8.36. The predicted molar refractivity (Wildman–Crippen MR) is 129 cm³/mol. The second kappa shape index (κ2) is 10.6. The van der Waals surface area contributed by atoms with Crippen molar-refractivity contribution in [3.05, 3.63) is 57.0 Å². The molecule has 2 aromatic carbocycles. The van der Waals surface area contributed by atoms with E-state index >= 15 is 0 Å². The number of anilines is 1. The van der Waals surface area contributed by atoms with Crippen molar-refractivity contribution < 1.29 is 28.2 Å². The fraction of sp³-hybridized carbons (Fsp3) is 0.261. The van der Waals surface area contributed by atoms with Gasteiger partial charge in [0.1, 0.15) is 18.1 Å². The summed E-state index contributed by atoms with van der Waals surface area (Å²) in [6.45, 7) is 3.41. The Kier molecular flexibility index (Phi) is 7.90. The maximum Gasteiger partial charge on any atom is 0.329 e. The van der Waals surface area contributed by atoms with Gasteiger partial charge in [-0.1, -0.05) is 19.1 Å². The number of amides is 4. The van der Waals surface area contributed by atoms with Gasteiger partial charge in [-0.25, -0.2) is 14.1 Å². The molecule has 2 aromatic rings. The molecule has 1 aliphatic heterocycles. The van der Waals surface area contributed by atoms with Crippen molar-refractivity contribution >= 4 is 52.2 Å². The number of halogens is 2. The highest BCUT2D eigenvalue weighted by Gasteiger charge is 2.35. The summed E-state index contributed by atoms with van der Waals surface area (Å²) in [5.41, 5.74) is 0.577. The first-order chi connectivity index (χ1) is 15.7. The topological polar surface area (TPSA) is 97.0 Å². The van der Waals surface area contributed by atoms with Crippen LogP contribution >= 0.6 is 22.6 Å². The zero-order chi connectivity index (χ0) is 24.1. The Bertz CT molecular complexity index is 1120. The first-order valence-corrected chi connectivity index (χ1v) is 11.2. The molecule has 0 unspecified atom stereocenters. The molecule has 33 heavy (non-hydrogen) atoms. The summed E-state index contributed by atoms with van der Waals surface area (Å²) in [6.07, 6.45) is 2.31. The Hall–Kier alpha value is -3.15. The smallest absolute Gasteiger partial charge is 0.329 e. The molecular formula is C23H23FIN3O5. The zero-order valence-corrected chi connectivity index (χ0v) is 20.4. The first kappa shape index (κ1) is 24.5. The summed E-state index contributed by atoms with van der Waals surface area (Å²) in [7, 11) is 1.52. The molecule has 0 aliphatic carbocycles. The molecule has 1 saturated heterocycles. The lowest BCUT2D eigenvalue weighted by Gasteiger charge is -2.17. The van der Waals surface area contributed by atoms with Gasteiger partial charge in [0.05, 0.1) is 22.5 Å². The Balaban J connectivity index is 1.77. The van der Waals surface area contributed by atoms with Crippen LogP contribution in [0.15, 0.2) is 42.1 Å². The van der Waals surface area contributed by atoms with Crippen LogP contribution in [0.1, 0.15) is 25.8 Å². The van der Waals surface area contributed by atoms with E-state index in [1.807, 2.05) is 13.8 Å². The molecule has 0 aromatic heterocycles. The lowest BCUT2D eigenvalue weighted by molar-refractivity contribution is -0.127. The molecule has 0 saturated carbocycles. The monoisotopic (exact) mass is 567 g/mol. The number of urea groups is 1. The van der Waals surface area contributed by atoms with Crippen LogP contribution in [0.5, 0.6) is 11.5 Å². The normalized spacial score (nSPS) is 15.4. The van der Waals surface area contributed by atoms with Gasteiger partial charge in [0.15, 0.2) is 11.5 Å². The van der Waals surface area contributed by atoms with Crippen molar-refractivity contribution in [3.63, 3.8) is 0 Å². The summed E-state index contributed by atoms with van der Waals surface area (Å²) < 4.78 is 25.9. The number of methoxy groups -OCH3 is 1. The van der Waals surface area contributed by atoms with Crippen molar-refractivity contribution in [1.29, 1.82) is 0 Å². The molecule has 1 fully saturated rings. The van der Waals surface area contributed by atoms with Crippen molar-refractivity contribution in [3.8, 4) is 11.5 Å². The van der Waals surface area contributed by atoms with Crippen molar-refractivity contribution in [2.24, 2.45) is 0 Å². The summed E-state index contributed by atoms with van der Waals surface area (Å²) >= 11 is 2.11. The highest BCUT2D eigenvalue weighted by atomic mass is 127. The molecule has 3 rings (SSSR count). The van der Waals surface area contributed by atoms with Crippen molar-refractivity contribution in [2.45, 2.75) is 26.4 Å². The third-order valence-corrected chi connectivity index (χ3v) is 5.67. The van der Waals surface area contributed by atoms with E-state index < -0.39 is 30.2 Å². The molecule has 0 bridgehead atoms. The van der Waals surface area contributed by atoms with Crippen LogP contribution in [-0.4, -0.2) is 42.5 Å². The van der Waals surface area contributed by atoms with Crippen LogP contribution in [0.25, 0.3) is 6.08 Å². The number of nitrogens with zero attached hydrogens (tertiary/aromatic N) is 1. The molecular weight excluding hydrogens is 544 g/mol. The van der Waals surface area contributed by atoms with E-state index in [0.29, 0.717) is 17.1 Å². The van der Waals surface area contributed by atoms with E-state index in [2.05, 4.69) is 33.2 Å². The molecule has 1 aliphatic rings. The highest BCUT2D eigenvalue weighted by Crippen LogP contribution is 2.35. The van der Waals surface area contributed by atoms with E-state index in [4.69, 9.17) is 9.47 Å². The number of carbonyl (C=O) groups excluding carboxylic acids is 3. The molecule has 1 atom stereocenters. The van der Waals surface area contributed by atoms with Crippen molar-refractivity contribution in [1.82, 2.24) is 10.2 Å². The predicted octanol–water partition coefficient (Wildman–Crippen LogP) is 4.15. The van der Waals surface area contributed by atoms with Gasteiger partial charge in [-0.3, -0.25) is 9.59 Å².